The van der Waals surface area contributed by atoms with Gasteiger partial charge >= 0.3 is 0 Å². The number of anilines is 1. The number of carbonyl (C=O) groups is 2. The number of nitrogens with one attached hydrogen (secondary N) is 1. The smallest absolute Gasteiger partial charge is 0.260 e. The summed E-state index contributed by atoms with van der Waals surface area (Å²) < 4.78 is 10.8. The Morgan fingerprint density at radius 1 is 1.26 bits per heavy atom. The number of aromatic nitrogens is 1. The number of carbonyl (C=O) groups excluding carboxylic acids is 2. The highest BCUT2D eigenvalue weighted by atomic mass is 32.1. The van der Waals surface area contributed by atoms with Gasteiger partial charge in [-0.15, -0.1) is 11.3 Å². The normalized spacial score (nSPS) is 14.0. The van der Waals surface area contributed by atoms with Crippen molar-refractivity contribution >= 4 is 28.8 Å². The lowest BCUT2D eigenvalue weighted by Crippen LogP contribution is -2.42. The Bertz CT molecular complexity index is 770. The number of amides is 2. The van der Waals surface area contributed by atoms with E-state index in [1.165, 1.54) is 0 Å². The Labute approximate surface area is 162 Å². The molecule has 1 aromatic heterocycles. The van der Waals surface area contributed by atoms with E-state index in [2.05, 4.69) is 10.3 Å². The highest BCUT2D eigenvalue weighted by Gasteiger charge is 2.17. The zero-order valence-electron chi connectivity index (χ0n) is 15.3. The largest absolute Gasteiger partial charge is 0.484 e. The predicted molar refractivity (Wildman–Crippen MR) is 103 cm³/mol. The van der Waals surface area contributed by atoms with E-state index in [1.54, 1.807) is 46.0 Å². The molecule has 0 bridgehead atoms. The van der Waals surface area contributed by atoms with E-state index < -0.39 is 0 Å². The number of rotatable bonds is 7. The summed E-state index contributed by atoms with van der Waals surface area (Å²) in [6, 6.07) is 7.03. The van der Waals surface area contributed by atoms with Gasteiger partial charge in [-0.1, -0.05) is 0 Å². The molecule has 1 saturated heterocycles. The third-order valence-electron chi connectivity index (χ3n) is 4.29. The van der Waals surface area contributed by atoms with Gasteiger partial charge in [-0.3, -0.25) is 9.59 Å². The zero-order valence-corrected chi connectivity index (χ0v) is 16.1. The van der Waals surface area contributed by atoms with Gasteiger partial charge < -0.3 is 19.7 Å². The van der Waals surface area contributed by atoms with Gasteiger partial charge in [0.25, 0.3) is 5.91 Å². The molecule has 2 aromatic rings. The van der Waals surface area contributed by atoms with Crippen LogP contribution in [0.5, 0.6) is 5.75 Å². The van der Waals surface area contributed by atoms with Crippen LogP contribution >= 0.6 is 11.3 Å². The number of nitrogens with zero attached hydrogens (tertiary/aromatic N) is 2. The van der Waals surface area contributed by atoms with Crippen molar-refractivity contribution in [2.75, 3.05) is 38.2 Å². The molecule has 1 N–H and O–H groups in total. The first kappa shape index (κ1) is 19.3. The minimum absolute atomic E-state index is 0.0000931. The fraction of sp³-hybridized carbons (Fsp3) is 0.421. The molecule has 1 aliphatic heterocycles. The Hall–Kier alpha value is -2.45. The summed E-state index contributed by atoms with van der Waals surface area (Å²) in [6.45, 7) is 4.31. The van der Waals surface area contributed by atoms with Crippen molar-refractivity contribution in [2.24, 2.45) is 0 Å². The molecule has 27 heavy (non-hydrogen) atoms. The van der Waals surface area contributed by atoms with Crippen molar-refractivity contribution in [1.82, 2.24) is 9.88 Å². The standard InChI is InChI=1S/C19H23N3O4S/c1-14-17(27-13-20-14)6-7-18(23)21-15-2-4-16(5-3-15)26-12-19(24)22-8-10-25-11-9-22/h2-5,13H,6-12H2,1H3,(H,21,23). The minimum atomic E-state index is -0.0472. The van der Waals surface area contributed by atoms with Crippen LogP contribution in [0.3, 0.4) is 0 Å². The van der Waals surface area contributed by atoms with E-state index in [-0.39, 0.29) is 18.4 Å². The molecule has 144 valence electrons. The maximum Gasteiger partial charge on any atom is 0.260 e. The van der Waals surface area contributed by atoms with E-state index in [9.17, 15) is 9.59 Å². The molecule has 0 saturated carbocycles. The van der Waals surface area contributed by atoms with Crippen LogP contribution in [0.1, 0.15) is 17.0 Å². The number of hydrogen-bond acceptors (Lipinski definition) is 6. The molecule has 1 aliphatic rings. The molecule has 0 spiro atoms. The Morgan fingerprint density at radius 2 is 2.00 bits per heavy atom. The molecule has 2 amide bonds. The van der Waals surface area contributed by atoms with E-state index >= 15 is 0 Å². The van der Waals surface area contributed by atoms with Crippen molar-refractivity contribution < 1.29 is 19.1 Å². The van der Waals surface area contributed by atoms with Crippen molar-refractivity contribution in [3.05, 3.63) is 40.3 Å². The third-order valence-corrected chi connectivity index (χ3v) is 5.28. The maximum atomic E-state index is 12.1. The summed E-state index contributed by atoms with van der Waals surface area (Å²) >= 11 is 1.57. The van der Waals surface area contributed by atoms with Gasteiger partial charge in [0, 0.05) is 30.1 Å². The molecule has 3 rings (SSSR count). The summed E-state index contributed by atoms with van der Waals surface area (Å²) in [6.07, 6.45) is 1.10. The van der Waals surface area contributed by atoms with E-state index in [1.807, 2.05) is 6.92 Å². The van der Waals surface area contributed by atoms with Crippen molar-refractivity contribution in [2.45, 2.75) is 19.8 Å². The lowest BCUT2D eigenvalue weighted by atomic mass is 10.2. The summed E-state index contributed by atoms with van der Waals surface area (Å²) in [5.41, 5.74) is 3.49. The fourth-order valence-corrected chi connectivity index (χ4v) is 3.48. The zero-order chi connectivity index (χ0) is 19.1. The van der Waals surface area contributed by atoms with Crippen LogP contribution in [0.25, 0.3) is 0 Å². The second-order valence-electron chi connectivity index (χ2n) is 6.22. The number of thiazole rings is 1. The number of hydrogen-bond donors (Lipinski definition) is 1. The van der Waals surface area contributed by atoms with Gasteiger partial charge in [0.05, 0.1) is 24.4 Å². The first-order valence-electron chi connectivity index (χ1n) is 8.89. The average molecular weight is 389 g/mol. The van der Waals surface area contributed by atoms with Crippen molar-refractivity contribution in [3.8, 4) is 5.75 Å². The quantitative estimate of drug-likeness (QED) is 0.786. The van der Waals surface area contributed by atoms with Crippen LogP contribution in [0, 0.1) is 6.92 Å². The van der Waals surface area contributed by atoms with Gasteiger partial charge in [-0.25, -0.2) is 4.98 Å². The van der Waals surface area contributed by atoms with E-state index in [0.717, 1.165) is 10.6 Å². The second kappa shape index (κ2) is 9.48. The van der Waals surface area contributed by atoms with Gasteiger partial charge in [-0.05, 0) is 37.6 Å². The van der Waals surface area contributed by atoms with E-state index in [4.69, 9.17) is 9.47 Å². The monoisotopic (exact) mass is 389 g/mol. The molecule has 2 heterocycles. The second-order valence-corrected chi connectivity index (χ2v) is 7.15. The first-order chi connectivity index (χ1) is 13.1. The number of aryl methyl sites for hydroxylation is 2. The topological polar surface area (TPSA) is 80.8 Å². The molecule has 0 unspecified atom stereocenters. The summed E-state index contributed by atoms with van der Waals surface area (Å²) in [7, 11) is 0. The average Bonchev–Trinajstić information content (AvgIpc) is 3.11. The molecular weight excluding hydrogens is 366 g/mol. The molecule has 8 heteroatoms. The summed E-state index contributed by atoms with van der Waals surface area (Å²) in [5.74, 6) is 0.503. The molecule has 0 aliphatic carbocycles. The molecule has 1 aromatic carbocycles. The van der Waals surface area contributed by atoms with Crippen LogP contribution in [0.2, 0.25) is 0 Å². The van der Waals surface area contributed by atoms with Gasteiger partial charge in [0.2, 0.25) is 5.91 Å². The van der Waals surface area contributed by atoms with Gasteiger partial charge in [0.1, 0.15) is 5.75 Å². The van der Waals surface area contributed by atoms with Crippen molar-refractivity contribution in [3.63, 3.8) is 0 Å². The number of ether oxygens (including phenoxy) is 2. The molecule has 1 fully saturated rings. The predicted octanol–water partition coefficient (Wildman–Crippen LogP) is 2.26. The molecule has 7 nitrogen and oxygen atoms in total. The Kier molecular flexibility index (Phi) is 6.78. The SMILES string of the molecule is Cc1ncsc1CCC(=O)Nc1ccc(OCC(=O)N2CCOCC2)cc1. The third kappa shape index (κ3) is 5.77. The maximum absolute atomic E-state index is 12.1. The van der Waals surface area contributed by atoms with Gasteiger partial charge in [0.15, 0.2) is 6.61 Å². The van der Waals surface area contributed by atoms with Crippen molar-refractivity contribution in [1.29, 1.82) is 0 Å². The number of benzene rings is 1. The Morgan fingerprint density at radius 3 is 2.67 bits per heavy atom. The van der Waals surface area contributed by atoms with Gasteiger partial charge in [-0.2, -0.15) is 0 Å². The van der Waals surface area contributed by atoms with Crippen LogP contribution < -0.4 is 10.1 Å². The molecular formula is C19H23N3O4S. The first-order valence-corrected chi connectivity index (χ1v) is 9.77. The number of morpholine rings is 1. The summed E-state index contributed by atoms with van der Waals surface area (Å²) in [5, 5.41) is 2.87. The van der Waals surface area contributed by atoms with Crippen LogP contribution in [0.15, 0.2) is 29.8 Å². The highest BCUT2D eigenvalue weighted by molar-refractivity contribution is 7.09. The fourth-order valence-electron chi connectivity index (χ4n) is 2.70. The lowest BCUT2D eigenvalue weighted by molar-refractivity contribution is -0.137. The van der Waals surface area contributed by atoms with Crippen LogP contribution in [-0.4, -0.2) is 54.6 Å². The van der Waals surface area contributed by atoms with E-state index in [0.29, 0.717) is 50.6 Å². The lowest BCUT2D eigenvalue weighted by Gasteiger charge is -2.26. The highest BCUT2D eigenvalue weighted by Crippen LogP contribution is 2.18. The Balaban J connectivity index is 1.42. The van der Waals surface area contributed by atoms with Crippen LogP contribution in [-0.2, 0) is 20.7 Å². The van der Waals surface area contributed by atoms with Crippen LogP contribution in [0.4, 0.5) is 5.69 Å². The molecule has 0 radical (unpaired) electrons. The molecule has 0 atom stereocenters. The summed E-state index contributed by atoms with van der Waals surface area (Å²) in [4.78, 5) is 31.2. The minimum Gasteiger partial charge on any atom is -0.484 e.